The summed E-state index contributed by atoms with van der Waals surface area (Å²) in [6.45, 7) is 7.67. The monoisotopic (exact) mass is 364 g/mol. The van der Waals surface area contributed by atoms with Crippen LogP contribution >= 0.6 is 11.8 Å². The number of nitrogens with one attached hydrogen (secondary N) is 2. The van der Waals surface area contributed by atoms with E-state index in [9.17, 15) is 4.79 Å². The van der Waals surface area contributed by atoms with Crippen LogP contribution in [0.1, 0.15) is 27.7 Å². The predicted octanol–water partition coefficient (Wildman–Crippen LogP) is 2.88. The number of hydrogen-bond acceptors (Lipinski definition) is 6. The van der Waals surface area contributed by atoms with Gasteiger partial charge in [-0.25, -0.2) is 4.98 Å². The molecule has 0 aliphatic carbocycles. The lowest BCUT2D eigenvalue weighted by Gasteiger charge is -2.22. The highest BCUT2D eigenvalue weighted by Crippen LogP contribution is 2.32. The van der Waals surface area contributed by atoms with Gasteiger partial charge in [0.25, 0.3) is 0 Å². The summed E-state index contributed by atoms with van der Waals surface area (Å²) in [5, 5.41) is 10.2. The van der Waals surface area contributed by atoms with E-state index < -0.39 is 0 Å². The fourth-order valence-corrected chi connectivity index (χ4v) is 2.82. The first-order valence-corrected chi connectivity index (χ1v) is 8.75. The van der Waals surface area contributed by atoms with E-state index in [1.807, 2.05) is 39.8 Å². The molecule has 1 aromatic heterocycles. The van der Waals surface area contributed by atoms with Crippen LogP contribution in [0.2, 0.25) is 0 Å². The first-order valence-electron chi connectivity index (χ1n) is 7.87. The molecule has 0 spiro atoms. The number of amides is 1. The van der Waals surface area contributed by atoms with Gasteiger partial charge in [-0.1, -0.05) is 11.8 Å². The van der Waals surface area contributed by atoms with Gasteiger partial charge in [-0.15, -0.1) is 5.10 Å². The first kappa shape index (κ1) is 19.1. The van der Waals surface area contributed by atoms with Gasteiger partial charge in [-0.3, -0.25) is 9.89 Å². The standard InChI is InChI=1S/C17H24N4O3S/c1-10(15(22)19-17(2,3)4)25-16-18-14(20-21-16)12-8-7-11(23-5)9-13(12)24-6/h7-10H,1-6H3,(H,19,22)(H,18,20,21)/t10-/m0/s1. The quantitative estimate of drug-likeness (QED) is 0.766. The topological polar surface area (TPSA) is 89.1 Å². The molecule has 7 nitrogen and oxygen atoms in total. The number of carbonyl (C=O) groups excluding carboxylic acids is 1. The Morgan fingerprint density at radius 3 is 2.60 bits per heavy atom. The molecule has 0 saturated carbocycles. The highest BCUT2D eigenvalue weighted by molar-refractivity contribution is 8.00. The molecule has 1 aromatic carbocycles. The second-order valence-corrected chi connectivity index (χ2v) is 7.84. The molecule has 8 heteroatoms. The van der Waals surface area contributed by atoms with E-state index in [1.54, 1.807) is 20.3 Å². The van der Waals surface area contributed by atoms with Crippen molar-refractivity contribution in [3.8, 4) is 22.9 Å². The van der Waals surface area contributed by atoms with Crippen LogP contribution in [0.15, 0.2) is 23.4 Å². The zero-order valence-corrected chi connectivity index (χ0v) is 16.2. The number of benzene rings is 1. The summed E-state index contributed by atoms with van der Waals surface area (Å²) < 4.78 is 10.6. The lowest BCUT2D eigenvalue weighted by Crippen LogP contribution is -2.44. The Morgan fingerprint density at radius 1 is 1.28 bits per heavy atom. The molecule has 0 aliphatic rings. The number of aromatic amines is 1. The van der Waals surface area contributed by atoms with Gasteiger partial charge in [0, 0.05) is 11.6 Å². The molecule has 25 heavy (non-hydrogen) atoms. The van der Waals surface area contributed by atoms with Gasteiger partial charge >= 0.3 is 0 Å². The van der Waals surface area contributed by atoms with E-state index in [0.29, 0.717) is 22.5 Å². The molecule has 2 rings (SSSR count). The van der Waals surface area contributed by atoms with Crippen LogP contribution in [-0.2, 0) is 4.79 Å². The fourth-order valence-electron chi connectivity index (χ4n) is 2.10. The van der Waals surface area contributed by atoms with Crippen LogP contribution in [-0.4, -0.2) is 46.1 Å². The van der Waals surface area contributed by atoms with Crippen LogP contribution in [0.25, 0.3) is 11.4 Å². The van der Waals surface area contributed by atoms with Crippen molar-refractivity contribution in [2.75, 3.05) is 14.2 Å². The van der Waals surface area contributed by atoms with Crippen molar-refractivity contribution >= 4 is 17.7 Å². The fraction of sp³-hybridized carbons (Fsp3) is 0.471. The summed E-state index contributed by atoms with van der Waals surface area (Å²) in [6, 6.07) is 5.46. The Hall–Kier alpha value is -2.22. The van der Waals surface area contributed by atoms with Gasteiger partial charge in [0.2, 0.25) is 11.1 Å². The molecule has 0 unspecified atom stereocenters. The van der Waals surface area contributed by atoms with Crippen molar-refractivity contribution in [2.24, 2.45) is 0 Å². The van der Waals surface area contributed by atoms with Crippen LogP contribution in [0, 0.1) is 0 Å². The number of H-pyrrole nitrogens is 1. The van der Waals surface area contributed by atoms with Crippen molar-refractivity contribution in [2.45, 2.75) is 43.6 Å². The molecule has 1 heterocycles. The van der Waals surface area contributed by atoms with Crippen molar-refractivity contribution in [3.05, 3.63) is 18.2 Å². The lowest BCUT2D eigenvalue weighted by molar-refractivity contribution is -0.121. The van der Waals surface area contributed by atoms with Crippen LogP contribution < -0.4 is 14.8 Å². The minimum absolute atomic E-state index is 0.0501. The second kappa shape index (κ2) is 7.77. The van der Waals surface area contributed by atoms with E-state index in [4.69, 9.17) is 9.47 Å². The molecular weight excluding hydrogens is 340 g/mol. The van der Waals surface area contributed by atoms with Crippen molar-refractivity contribution in [1.82, 2.24) is 20.5 Å². The van der Waals surface area contributed by atoms with E-state index in [1.165, 1.54) is 11.8 Å². The normalized spacial score (nSPS) is 12.6. The van der Waals surface area contributed by atoms with Crippen LogP contribution in [0.4, 0.5) is 0 Å². The Bertz CT molecular complexity index is 740. The van der Waals surface area contributed by atoms with E-state index >= 15 is 0 Å². The van der Waals surface area contributed by atoms with Crippen molar-refractivity contribution in [1.29, 1.82) is 0 Å². The maximum atomic E-state index is 12.2. The van der Waals surface area contributed by atoms with Gasteiger partial charge in [0.1, 0.15) is 11.5 Å². The summed E-state index contributed by atoms with van der Waals surface area (Å²) in [4.78, 5) is 16.6. The molecule has 1 amide bonds. The zero-order chi connectivity index (χ0) is 18.6. The second-order valence-electron chi connectivity index (χ2n) is 6.53. The minimum Gasteiger partial charge on any atom is -0.497 e. The van der Waals surface area contributed by atoms with Gasteiger partial charge < -0.3 is 14.8 Å². The summed E-state index contributed by atoms with van der Waals surface area (Å²) in [6.07, 6.45) is 0. The number of hydrogen-bond donors (Lipinski definition) is 2. The molecule has 0 radical (unpaired) electrons. The van der Waals surface area contributed by atoms with Gasteiger partial charge in [0.15, 0.2) is 5.82 Å². The molecule has 2 N–H and O–H groups in total. The highest BCUT2D eigenvalue weighted by Gasteiger charge is 2.22. The van der Waals surface area contributed by atoms with Crippen LogP contribution in [0.5, 0.6) is 11.5 Å². The molecule has 0 saturated heterocycles. The minimum atomic E-state index is -0.305. The Labute approximate surface area is 151 Å². The Morgan fingerprint density at radius 2 is 2.00 bits per heavy atom. The lowest BCUT2D eigenvalue weighted by atomic mass is 10.1. The zero-order valence-electron chi connectivity index (χ0n) is 15.3. The van der Waals surface area contributed by atoms with Crippen molar-refractivity contribution in [3.63, 3.8) is 0 Å². The largest absolute Gasteiger partial charge is 0.497 e. The van der Waals surface area contributed by atoms with Gasteiger partial charge in [0.05, 0.1) is 25.0 Å². The van der Waals surface area contributed by atoms with Crippen molar-refractivity contribution < 1.29 is 14.3 Å². The average molecular weight is 364 g/mol. The molecule has 0 aliphatic heterocycles. The predicted molar refractivity (Wildman–Crippen MR) is 98.1 cm³/mol. The number of aromatic nitrogens is 3. The highest BCUT2D eigenvalue weighted by atomic mass is 32.2. The molecule has 0 fully saturated rings. The maximum absolute atomic E-state index is 12.2. The number of ether oxygens (including phenoxy) is 2. The number of rotatable bonds is 6. The third-order valence-electron chi connectivity index (χ3n) is 3.28. The maximum Gasteiger partial charge on any atom is 0.233 e. The number of carbonyl (C=O) groups is 1. The van der Waals surface area contributed by atoms with E-state index in [0.717, 1.165) is 5.56 Å². The molecule has 1 atom stereocenters. The summed E-state index contributed by atoms with van der Waals surface area (Å²) in [5.74, 6) is 1.85. The summed E-state index contributed by atoms with van der Waals surface area (Å²) in [5.41, 5.74) is 0.501. The smallest absolute Gasteiger partial charge is 0.233 e. The SMILES string of the molecule is COc1ccc(-c2nc(S[C@@H](C)C(=O)NC(C)(C)C)n[nH]2)c(OC)c1. The van der Waals surface area contributed by atoms with E-state index in [-0.39, 0.29) is 16.7 Å². The molecule has 0 bridgehead atoms. The number of nitrogens with zero attached hydrogens (tertiary/aromatic N) is 2. The van der Waals surface area contributed by atoms with Crippen LogP contribution in [0.3, 0.4) is 0 Å². The van der Waals surface area contributed by atoms with E-state index in [2.05, 4.69) is 20.5 Å². The average Bonchev–Trinajstić information content (AvgIpc) is 3.00. The van der Waals surface area contributed by atoms with Gasteiger partial charge in [-0.05, 0) is 39.8 Å². The molecule has 2 aromatic rings. The van der Waals surface area contributed by atoms with Gasteiger partial charge in [-0.2, -0.15) is 0 Å². The number of methoxy groups -OCH3 is 2. The first-order chi connectivity index (χ1) is 11.7. The number of thioether (sulfide) groups is 1. The molecular formula is C17H24N4O3S. The molecule has 136 valence electrons. The summed E-state index contributed by atoms with van der Waals surface area (Å²) in [7, 11) is 3.19. The third kappa shape index (κ3) is 5.12. The third-order valence-corrected chi connectivity index (χ3v) is 4.24. The summed E-state index contributed by atoms with van der Waals surface area (Å²) >= 11 is 1.30. The Balaban J connectivity index is 2.14. The Kier molecular flexibility index (Phi) is 5.94.